The fourth-order valence-electron chi connectivity index (χ4n) is 2.87. The summed E-state index contributed by atoms with van der Waals surface area (Å²) in [6, 6.07) is 19.9. The topological polar surface area (TPSA) is 59.8 Å². The van der Waals surface area contributed by atoms with Gasteiger partial charge in [0.15, 0.2) is 0 Å². The number of hydrogen-bond acceptors (Lipinski definition) is 4. The summed E-state index contributed by atoms with van der Waals surface area (Å²) < 4.78 is 1.85. The lowest BCUT2D eigenvalue weighted by Crippen LogP contribution is -2.22. The fraction of sp³-hybridized carbons (Fsp3) is 0.0952. The van der Waals surface area contributed by atoms with E-state index in [4.69, 9.17) is 5.10 Å². The van der Waals surface area contributed by atoms with Gasteiger partial charge in [-0.1, -0.05) is 48.5 Å². The van der Waals surface area contributed by atoms with Gasteiger partial charge in [-0.25, -0.2) is 9.67 Å². The quantitative estimate of drug-likeness (QED) is 0.569. The molecule has 0 aliphatic rings. The average Bonchev–Trinajstić information content (AvgIpc) is 3.34. The van der Waals surface area contributed by atoms with Gasteiger partial charge in [-0.2, -0.15) is 5.10 Å². The van der Waals surface area contributed by atoms with E-state index in [0.29, 0.717) is 11.4 Å². The van der Waals surface area contributed by atoms with E-state index >= 15 is 0 Å². The summed E-state index contributed by atoms with van der Waals surface area (Å²) in [5.41, 5.74) is 6.26. The molecule has 0 saturated heterocycles. The van der Waals surface area contributed by atoms with Gasteiger partial charge in [0.2, 0.25) is 0 Å². The highest BCUT2D eigenvalue weighted by molar-refractivity contribution is 7.11. The SMILES string of the molecule is Cc1ncsc1C(=O)NCc1cn(-c2ccccc2)nc1-c1ccccc1. The molecule has 0 bridgehead atoms. The second-order valence-electron chi connectivity index (χ2n) is 6.10. The van der Waals surface area contributed by atoms with Crippen molar-refractivity contribution in [1.82, 2.24) is 20.1 Å². The number of rotatable bonds is 5. The smallest absolute Gasteiger partial charge is 0.263 e. The van der Waals surface area contributed by atoms with E-state index < -0.39 is 0 Å². The first-order chi connectivity index (χ1) is 13.2. The van der Waals surface area contributed by atoms with E-state index in [2.05, 4.69) is 10.3 Å². The molecule has 2 aromatic heterocycles. The van der Waals surface area contributed by atoms with E-state index in [0.717, 1.165) is 28.2 Å². The van der Waals surface area contributed by atoms with Gasteiger partial charge in [-0.15, -0.1) is 11.3 Å². The first-order valence-corrected chi connectivity index (χ1v) is 9.48. The third kappa shape index (κ3) is 3.66. The molecule has 0 fully saturated rings. The molecule has 27 heavy (non-hydrogen) atoms. The van der Waals surface area contributed by atoms with Crippen molar-refractivity contribution >= 4 is 17.2 Å². The van der Waals surface area contributed by atoms with Gasteiger partial charge in [0.1, 0.15) is 4.88 Å². The van der Waals surface area contributed by atoms with Gasteiger partial charge >= 0.3 is 0 Å². The first kappa shape index (κ1) is 17.2. The Morgan fingerprint density at radius 2 is 1.78 bits per heavy atom. The summed E-state index contributed by atoms with van der Waals surface area (Å²) in [6.45, 7) is 2.24. The Balaban J connectivity index is 1.65. The number of aryl methyl sites for hydroxylation is 1. The minimum Gasteiger partial charge on any atom is -0.347 e. The molecule has 1 amide bonds. The van der Waals surface area contributed by atoms with E-state index in [1.54, 1.807) is 5.51 Å². The van der Waals surface area contributed by atoms with Crippen LogP contribution >= 0.6 is 11.3 Å². The number of aromatic nitrogens is 3. The van der Waals surface area contributed by atoms with Crippen molar-refractivity contribution in [1.29, 1.82) is 0 Å². The van der Waals surface area contributed by atoms with E-state index in [9.17, 15) is 4.79 Å². The number of benzene rings is 2. The fourth-order valence-corrected chi connectivity index (χ4v) is 3.59. The number of para-hydroxylation sites is 1. The van der Waals surface area contributed by atoms with Crippen LogP contribution in [0.2, 0.25) is 0 Å². The van der Waals surface area contributed by atoms with Gasteiger partial charge in [-0.05, 0) is 19.1 Å². The summed E-state index contributed by atoms with van der Waals surface area (Å²) in [6.07, 6.45) is 1.97. The molecule has 0 saturated carbocycles. The molecular weight excluding hydrogens is 356 g/mol. The molecule has 0 aliphatic heterocycles. The standard InChI is InChI=1S/C21H18N4OS/c1-15-20(27-14-23-15)21(26)22-12-17-13-25(18-10-6-3-7-11-18)24-19(17)16-8-4-2-5-9-16/h2-11,13-14H,12H2,1H3,(H,22,26). The molecule has 2 aromatic carbocycles. The Kier molecular flexibility index (Phi) is 4.80. The van der Waals surface area contributed by atoms with Crippen LogP contribution in [-0.4, -0.2) is 20.7 Å². The first-order valence-electron chi connectivity index (χ1n) is 8.60. The highest BCUT2D eigenvalue weighted by atomic mass is 32.1. The van der Waals surface area contributed by atoms with Crippen molar-refractivity contribution in [2.24, 2.45) is 0 Å². The Bertz CT molecular complexity index is 1050. The zero-order valence-electron chi connectivity index (χ0n) is 14.8. The van der Waals surface area contributed by atoms with Crippen LogP contribution in [0.25, 0.3) is 16.9 Å². The van der Waals surface area contributed by atoms with Crippen molar-refractivity contribution in [3.8, 4) is 16.9 Å². The van der Waals surface area contributed by atoms with Crippen molar-refractivity contribution in [3.05, 3.63) is 88.5 Å². The third-order valence-corrected chi connectivity index (χ3v) is 5.18. The lowest BCUT2D eigenvalue weighted by Gasteiger charge is -2.05. The monoisotopic (exact) mass is 374 g/mol. The second-order valence-corrected chi connectivity index (χ2v) is 6.95. The molecule has 0 aliphatic carbocycles. The number of carbonyl (C=O) groups excluding carboxylic acids is 1. The normalized spacial score (nSPS) is 10.7. The zero-order chi connectivity index (χ0) is 18.6. The highest BCUT2D eigenvalue weighted by Crippen LogP contribution is 2.24. The molecule has 4 aromatic rings. The Labute approximate surface area is 161 Å². The minimum atomic E-state index is -0.110. The van der Waals surface area contributed by atoms with Crippen LogP contribution in [0.3, 0.4) is 0 Å². The number of carbonyl (C=O) groups is 1. The maximum absolute atomic E-state index is 12.5. The number of nitrogens with one attached hydrogen (secondary N) is 1. The molecule has 0 radical (unpaired) electrons. The van der Waals surface area contributed by atoms with Crippen molar-refractivity contribution in [3.63, 3.8) is 0 Å². The summed E-state index contributed by atoms with van der Waals surface area (Å²) >= 11 is 1.35. The maximum Gasteiger partial charge on any atom is 0.263 e. The molecule has 5 nitrogen and oxygen atoms in total. The average molecular weight is 374 g/mol. The molecular formula is C21H18N4OS. The maximum atomic E-state index is 12.5. The number of hydrogen-bond donors (Lipinski definition) is 1. The highest BCUT2D eigenvalue weighted by Gasteiger charge is 2.15. The molecule has 0 spiro atoms. The number of thiazole rings is 1. The Morgan fingerprint density at radius 3 is 2.44 bits per heavy atom. The van der Waals surface area contributed by atoms with Crippen LogP contribution in [0.1, 0.15) is 20.9 Å². The number of nitrogens with zero attached hydrogens (tertiary/aromatic N) is 3. The minimum absolute atomic E-state index is 0.110. The second kappa shape index (κ2) is 7.55. The van der Waals surface area contributed by atoms with Crippen LogP contribution in [0, 0.1) is 6.92 Å². The van der Waals surface area contributed by atoms with Crippen LogP contribution in [-0.2, 0) is 6.54 Å². The van der Waals surface area contributed by atoms with Crippen LogP contribution < -0.4 is 5.32 Å². The van der Waals surface area contributed by atoms with Crippen LogP contribution in [0.5, 0.6) is 0 Å². The van der Waals surface area contributed by atoms with Gasteiger partial charge in [0, 0.05) is 23.9 Å². The molecule has 134 valence electrons. The van der Waals surface area contributed by atoms with Gasteiger partial charge in [0.25, 0.3) is 5.91 Å². The van der Waals surface area contributed by atoms with Gasteiger partial charge in [0.05, 0.1) is 22.6 Å². The Hall–Kier alpha value is -3.25. The molecule has 0 atom stereocenters. The summed E-state index contributed by atoms with van der Waals surface area (Å²) in [4.78, 5) is 17.2. The Morgan fingerprint density at radius 1 is 1.07 bits per heavy atom. The zero-order valence-corrected chi connectivity index (χ0v) is 15.6. The summed E-state index contributed by atoms with van der Waals surface area (Å²) in [7, 11) is 0. The van der Waals surface area contributed by atoms with Gasteiger partial charge < -0.3 is 5.32 Å². The predicted octanol–water partition coefficient (Wildman–Crippen LogP) is 4.23. The summed E-state index contributed by atoms with van der Waals surface area (Å²) in [5, 5.41) is 7.76. The van der Waals surface area contributed by atoms with Crippen molar-refractivity contribution in [2.75, 3.05) is 0 Å². The van der Waals surface area contributed by atoms with Crippen LogP contribution in [0.4, 0.5) is 0 Å². The van der Waals surface area contributed by atoms with Crippen LogP contribution in [0.15, 0.2) is 72.4 Å². The van der Waals surface area contributed by atoms with E-state index in [1.165, 1.54) is 11.3 Å². The van der Waals surface area contributed by atoms with Crippen molar-refractivity contribution < 1.29 is 4.79 Å². The molecule has 1 N–H and O–H groups in total. The molecule has 4 rings (SSSR count). The lowest BCUT2D eigenvalue weighted by atomic mass is 10.1. The molecule has 2 heterocycles. The third-order valence-electron chi connectivity index (χ3n) is 4.25. The molecule has 6 heteroatoms. The van der Waals surface area contributed by atoms with E-state index in [-0.39, 0.29) is 5.91 Å². The van der Waals surface area contributed by atoms with Gasteiger partial charge in [-0.3, -0.25) is 4.79 Å². The predicted molar refractivity (Wildman–Crippen MR) is 107 cm³/mol. The molecule has 0 unspecified atom stereocenters. The summed E-state index contributed by atoms with van der Waals surface area (Å²) in [5.74, 6) is -0.110. The number of amides is 1. The van der Waals surface area contributed by atoms with E-state index in [1.807, 2.05) is 78.5 Å². The largest absolute Gasteiger partial charge is 0.347 e. The van der Waals surface area contributed by atoms with Crippen molar-refractivity contribution in [2.45, 2.75) is 13.5 Å². The lowest BCUT2D eigenvalue weighted by molar-refractivity contribution is 0.0954.